The first-order chi connectivity index (χ1) is 6.29. The highest BCUT2D eigenvalue weighted by Crippen LogP contribution is 2.10. The molecule has 1 aromatic carbocycles. The summed E-state index contributed by atoms with van der Waals surface area (Å²) < 4.78 is 2.28. The summed E-state index contributed by atoms with van der Waals surface area (Å²) in [6, 6.07) is 10.4. The predicted octanol–water partition coefficient (Wildman–Crippen LogP) is -0.504. The van der Waals surface area contributed by atoms with E-state index < -0.39 is 0 Å². The van der Waals surface area contributed by atoms with Gasteiger partial charge in [0.25, 0.3) is 0 Å². The van der Waals surface area contributed by atoms with Crippen LogP contribution in [0, 0.1) is 0 Å². The number of hydrogen-bond donors (Lipinski definition) is 2. The van der Waals surface area contributed by atoms with Crippen LogP contribution in [0.2, 0.25) is 0 Å². The zero-order chi connectivity index (χ0) is 9.68. The van der Waals surface area contributed by atoms with E-state index >= 15 is 0 Å². The second-order valence-corrected chi connectivity index (χ2v) is 3.89. The molecule has 0 fully saturated rings. The highest BCUT2D eigenvalue weighted by molar-refractivity contribution is 6.18. The van der Waals surface area contributed by atoms with Crippen LogP contribution in [0.1, 0.15) is 0 Å². The summed E-state index contributed by atoms with van der Waals surface area (Å²) in [5.74, 6) is 0. The van der Waals surface area contributed by atoms with E-state index in [0.717, 1.165) is 10.4 Å². The van der Waals surface area contributed by atoms with Crippen molar-refractivity contribution in [1.82, 2.24) is 10.6 Å². The van der Waals surface area contributed by atoms with Gasteiger partial charge in [0, 0.05) is 5.69 Å². The van der Waals surface area contributed by atoms with Crippen LogP contribution in [0.15, 0.2) is 30.3 Å². The fourth-order valence-corrected chi connectivity index (χ4v) is 2.16. The summed E-state index contributed by atoms with van der Waals surface area (Å²) in [6.07, 6.45) is 0.231. The van der Waals surface area contributed by atoms with E-state index in [1.807, 2.05) is 20.2 Å². The van der Waals surface area contributed by atoms with Gasteiger partial charge >= 0.3 is 0 Å². The Morgan fingerprint density at radius 2 is 1.69 bits per heavy atom. The van der Waals surface area contributed by atoms with Crippen LogP contribution < -0.4 is 15.2 Å². The Bertz CT molecular complexity index is 236. The quantitative estimate of drug-likeness (QED) is 0.501. The molecule has 0 aliphatic heterocycles. The molecule has 0 spiro atoms. The maximum absolute atomic E-state index is 3.20. The fourth-order valence-electron chi connectivity index (χ4n) is 1.34. The molecule has 3 nitrogen and oxygen atoms in total. The topological polar surface area (TPSA) is 27.3 Å². The largest absolute Gasteiger partial charge is 0.380 e. The maximum atomic E-state index is 3.20. The molecular formula is C9H17N3Si. The monoisotopic (exact) mass is 195 g/mol. The van der Waals surface area contributed by atoms with Gasteiger partial charge in [-0.05, 0) is 26.2 Å². The zero-order valence-corrected chi connectivity index (χ0v) is 10.4. The second-order valence-electron chi connectivity index (χ2n) is 2.93. The van der Waals surface area contributed by atoms with Gasteiger partial charge < -0.3 is 4.57 Å². The smallest absolute Gasteiger partial charge is 0.126 e. The number of nitrogens with one attached hydrogen (secondary N) is 2. The van der Waals surface area contributed by atoms with Gasteiger partial charge in [-0.15, -0.1) is 0 Å². The van der Waals surface area contributed by atoms with Gasteiger partial charge in [-0.2, -0.15) is 0 Å². The average Bonchev–Trinajstić information content (AvgIpc) is 2.21. The highest BCUT2D eigenvalue weighted by Gasteiger charge is 2.08. The summed E-state index contributed by atoms with van der Waals surface area (Å²) in [5.41, 5.74) is 1.25. The molecule has 2 N–H and O–H groups in total. The molecule has 72 valence electrons. The van der Waals surface area contributed by atoms with Gasteiger partial charge in [0.2, 0.25) is 0 Å². The lowest BCUT2D eigenvalue weighted by Gasteiger charge is -2.29. The Labute approximate surface area is 82.6 Å². The molecule has 0 saturated carbocycles. The Morgan fingerprint density at radius 1 is 1.15 bits per heavy atom. The van der Waals surface area contributed by atoms with E-state index in [2.05, 4.69) is 39.5 Å². The number of benzene rings is 1. The van der Waals surface area contributed by atoms with Gasteiger partial charge in [-0.25, -0.2) is 0 Å². The van der Waals surface area contributed by atoms with Crippen LogP contribution in [-0.4, -0.2) is 30.8 Å². The predicted molar refractivity (Wildman–Crippen MR) is 60.8 cm³/mol. The maximum Gasteiger partial charge on any atom is 0.126 e. The van der Waals surface area contributed by atoms with Crippen molar-refractivity contribution in [3.05, 3.63) is 30.3 Å². The third kappa shape index (κ3) is 2.55. The molecule has 1 aromatic rings. The van der Waals surface area contributed by atoms with E-state index in [1.165, 1.54) is 5.69 Å². The van der Waals surface area contributed by atoms with Crippen molar-refractivity contribution in [2.45, 2.75) is 6.29 Å². The van der Waals surface area contributed by atoms with Crippen molar-refractivity contribution in [3.8, 4) is 0 Å². The Morgan fingerprint density at radius 3 is 2.15 bits per heavy atom. The molecule has 0 atom stereocenters. The van der Waals surface area contributed by atoms with Crippen molar-refractivity contribution < 1.29 is 0 Å². The molecule has 1 rings (SSSR count). The van der Waals surface area contributed by atoms with Gasteiger partial charge in [-0.3, -0.25) is 10.6 Å². The molecule has 0 aromatic heterocycles. The molecule has 0 heterocycles. The Balaban J connectivity index is 2.72. The Hall–Kier alpha value is -0.843. The van der Waals surface area contributed by atoms with Crippen molar-refractivity contribution in [2.75, 3.05) is 18.7 Å². The molecule has 4 heteroatoms. The first-order valence-corrected chi connectivity index (χ1v) is 5.31. The molecule has 0 aliphatic carbocycles. The molecule has 0 unspecified atom stereocenters. The molecular weight excluding hydrogens is 178 g/mol. The Kier molecular flexibility index (Phi) is 3.95. The van der Waals surface area contributed by atoms with E-state index in [4.69, 9.17) is 0 Å². The fraction of sp³-hybridized carbons (Fsp3) is 0.333. The second kappa shape index (κ2) is 5.01. The molecule has 0 amide bonds. The van der Waals surface area contributed by atoms with E-state index in [9.17, 15) is 0 Å². The third-order valence-corrected chi connectivity index (χ3v) is 3.13. The lowest BCUT2D eigenvalue weighted by molar-refractivity contribution is 0.517. The lowest BCUT2D eigenvalue weighted by Crippen LogP contribution is -2.51. The van der Waals surface area contributed by atoms with Crippen LogP contribution in [0.25, 0.3) is 0 Å². The van der Waals surface area contributed by atoms with E-state index in [1.54, 1.807) is 0 Å². The van der Waals surface area contributed by atoms with Gasteiger partial charge in [0.05, 0.1) is 0 Å². The summed E-state index contributed by atoms with van der Waals surface area (Å²) in [4.78, 5) is 0. The zero-order valence-electron chi connectivity index (χ0n) is 8.41. The first kappa shape index (κ1) is 10.2. The SMILES string of the molecule is CNC(NC)N([SiH3])c1ccccc1. The third-order valence-electron chi connectivity index (χ3n) is 2.10. The van der Waals surface area contributed by atoms with Crippen LogP contribution in [0.4, 0.5) is 5.69 Å². The molecule has 0 radical (unpaired) electrons. The minimum absolute atomic E-state index is 0.231. The van der Waals surface area contributed by atoms with Gasteiger partial charge in [0.15, 0.2) is 0 Å². The van der Waals surface area contributed by atoms with E-state index in [-0.39, 0.29) is 6.29 Å². The van der Waals surface area contributed by atoms with Crippen LogP contribution in [0.3, 0.4) is 0 Å². The average molecular weight is 195 g/mol. The summed E-state index contributed by atoms with van der Waals surface area (Å²) in [5, 5.41) is 6.40. The number of rotatable bonds is 4. The summed E-state index contributed by atoms with van der Waals surface area (Å²) in [7, 11) is 4.89. The number of para-hydroxylation sites is 1. The van der Waals surface area contributed by atoms with Gasteiger partial charge in [0.1, 0.15) is 16.7 Å². The minimum atomic E-state index is 0.231. The summed E-state index contributed by atoms with van der Waals surface area (Å²) >= 11 is 0. The number of hydrogen-bond acceptors (Lipinski definition) is 3. The number of anilines is 1. The molecule has 0 saturated heterocycles. The van der Waals surface area contributed by atoms with Crippen molar-refractivity contribution >= 4 is 16.1 Å². The van der Waals surface area contributed by atoms with Crippen molar-refractivity contribution in [1.29, 1.82) is 0 Å². The van der Waals surface area contributed by atoms with E-state index in [0.29, 0.717) is 0 Å². The van der Waals surface area contributed by atoms with Crippen LogP contribution in [-0.2, 0) is 0 Å². The molecule has 0 aliphatic rings. The van der Waals surface area contributed by atoms with Crippen LogP contribution >= 0.6 is 0 Å². The van der Waals surface area contributed by atoms with Crippen molar-refractivity contribution in [3.63, 3.8) is 0 Å². The first-order valence-electron chi connectivity index (χ1n) is 4.42. The summed E-state index contributed by atoms with van der Waals surface area (Å²) in [6.45, 7) is 0. The normalized spacial score (nSPS) is 10.7. The highest BCUT2D eigenvalue weighted by atomic mass is 28.2. The number of nitrogens with zero attached hydrogens (tertiary/aromatic N) is 1. The van der Waals surface area contributed by atoms with Crippen LogP contribution in [0.5, 0.6) is 0 Å². The molecule has 13 heavy (non-hydrogen) atoms. The van der Waals surface area contributed by atoms with Crippen molar-refractivity contribution in [2.24, 2.45) is 0 Å². The molecule has 0 bridgehead atoms. The standard InChI is InChI=1S/C9H17N3Si/c1-10-9(11-2)12(13)8-6-4-3-5-7-8/h3-7,9-11H,1-2,13H3. The lowest BCUT2D eigenvalue weighted by atomic mass is 10.3. The minimum Gasteiger partial charge on any atom is -0.380 e. The van der Waals surface area contributed by atoms with Gasteiger partial charge in [-0.1, -0.05) is 18.2 Å².